The van der Waals surface area contributed by atoms with E-state index < -0.39 is 0 Å². The Morgan fingerprint density at radius 1 is 0.821 bits per heavy atom. The van der Waals surface area contributed by atoms with Crippen LogP contribution in [-0.2, 0) is 30.3 Å². The number of nitrogens with zero attached hydrogens (tertiary/aromatic N) is 1. The van der Waals surface area contributed by atoms with Gasteiger partial charge in [0.1, 0.15) is 6.61 Å². The fourth-order valence-corrected chi connectivity index (χ4v) is 2.58. The quantitative estimate of drug-likeness (QED) is 0.771. The van der Waals surface area contributed by atoms with Gasteiger partial charge in [0.2, 0.25) is 0 Å². The van der Waals surface area contributed by atoms with E-state index in [-0.39, 0.29) is 12.7 Å². The Morgan fingerprint density at radius 3 is 1.93 bits per heavy atom. The number of nitrogens with two attached hydrogens (primary N) is 1. The lowest BCUT2D eigenvalue weighted by atomic mass is 10.2. The second kappa shape index (κ2) is 15.2. The third-order valence-corrected chi connectivity index (χ3v) is 4.15. The molecular weight excluding hydrogens is 364 g/mol. The van der Waals surface area contributed by atoms with Crippen LogP contribution in [0.15, 0.2) is 30.3 Å². The summed E-state index contributed by atoms with van der Waals surface area (Å²) in [5.74, 6) is 0. The van der Waals surface area contributed by atoms with Crippen LogP contribution in [0, 0.1) is 0 Å². The number of rotatable bonds is 2. The standard InChI is InChI=1S/C20H32N2O6/c23-20(28-18-19-4-2-1-3-5-19)22-8-12-26-16-14-24-10-6-21-7-11-25-15-17-27-13-9-22/h1-5,21H,6-18H2/p+1. The highest BCUT2D eigenvalue weighted by Gasteiger charge is 2.15. The van der Waals surface area contributed by atoms with Crippen LogP contribution in [0.4, 0.5) is 4.79 Å². The Hall–Kier alpha value is -1.71. The van der Waals surface area contributed by atoms with Gasteiger partial charge in [0.05, 0.1) is 65.9 Å². The molecule has 0 bridgehead atoms. The van der Waals surface area contributed by atoms with Crippen molar-refractivity contribution in [2.75, 3.05) is 79.0 Å². The first-order valence-electron chi connectivity index (χ1n) is 9.94. The zero-order chi connectivity index (χ0) is 19.7. The molecule has 0 saturated carbocycles. The van der Waals surface area contributed by atoms with Crippen LogP contribution in [0.2, 0.25) is 0 Å². The Morgan fingerprint density at radius 2 is 1.36 bits per heavy atom. The summed E-state index contributed by atoms with van der Waals surface area (Å²) in [6.45, 7) is 7.28. The average Bonchev–Trinajstić information content (AvgIpc) is 2.72. The van der Waals surface area contributed by atoms with E-state index >= 15 is 0 Å². The van der Waals surface area contributed by atoms with E-state index in [4.69, 9.17) is 23.7 Å². The fraction of sp³-hybridized carbons (Fsp3) is 0.650. The monoisotopic (exact) mass is 397 g/mol. The van der Waals surface area contributed by atoms with Crippen LogP contribution in [0.1, 0.15) is 5.56 Å². The molecule has 2 N–H and O–H groups in total. The van der Waals surface area contributed by atoms with Gasteiger partial charge in [0.25, 0.3) is 0 Å². The van der Waals surface area contributed by atoms with Crippen molar-refractivity contribution in [2.24, 2.45) is 0 Å². The molecule has 8 heteroatoms. The SMILES string of the molecule is O=C(OCc1ccccc1)N1CCOCCOCC[NH2+]CCOCCOCC1. The number of hydrogen-bond acceptors (Lipinski definition) is 6. The molecule has 0 unspecified atom stereocenters. The number of carbonyl (C=O) groups is 1. The van der Waals surface area contributed by atoms with Gasteiger partial charge in [0.15, 0.2) is 0 Å². The van der Waals surface area contributed by atoms with Crippen LogP contribution in [-0.4, -0.2) is 90.0 Å². The van der Waals surface area contributed by atoms with E-state index in [1.165, 1.54) is 0 Å². The topological polar surface area (TPSA) is 83.1 Å². The number of carbonyl (C=O) groups excluding carboxylic acids is 1. The number of quaternary nitrogens is 1. The van der Waals surface area contributed by atoms with Crippen molar-refractivity contribution in [1.82, 2.24) is 4.90 Å². The van der Waals surface area contributed by atoms with Crippen molar-refractivity contribution in [3.8, 4) is 0 Å². The molecule has 1 aromatic rings. The second-order valence-corrected chi connectivity index (χ2v) is 6.34. The summed E-state index contributed by atoms with van der Waals surface area (Å²) < 4.78 is 27.6. The molecule has 1 aromatic carbocycles. The van der Waals surface area contributed by atoms with Crippen molar-refractivity contribution in [1.29, 1.82) is 0 Å². The van der Waals surface area contributed by atoms with Gasteiger partial charge >= 0.3 is 6.09 Å². The third-order valence-electron chi connectivity index (χ3n) is 4.15. The molecule has 1 saturated heterocycles. The Balaban J connectivity index is 1.75. The van der Waals surface area contributed by atoms with Crippen LogP contribution < -0.4 is 5.32 Å². The van der Waals surface area contributed by atoms with Gasteiger partial charge < -0.3 is 33.9 Å². The molecule has 0 radical (unpaired) electrons. The van der Waals surface area contributed by atoms with Crippen molar-refractivity contribution < 1.29 is 33.8 Å². The van der Waals surface area contributed by atoms with Crippen molar-refractivity contribution >= 4 is 6.09 Å². The summed E-state index contributed by atoms with van der Waals surface area (Å²) in [5.41, 5.74) is 0.955. The van der Waals surface area contributed by atoms with Crippen LogP contribution in [0.5, 0.6) is 0 Å². The fourth-order valence-electron chi connectivity index (χ4n) is 2.58. The van der Waals surface area contributed by atoms with E-state index in [0.717, 1.165) is 18.7 Å². The summed E-state index contributed by atoms with van der Waals surface area (Å²) in [5, 5.41) is 2.17. The van der Waals surface area contributed by atoms with E-state index in [1.54, 1.807) is 4.90 Å². The Labute approximate surface area is 167 Å². The zero-order valence-corrected chi connectivity index (χ0v) is 16.6. The number of benzene rings is 1. The molecule has 8 nitrogen and oxygen atoms in total. The van der Waals surface area contributed by atoms with Gasteiger partial charge in [-0.15, -0.1) is 0 Å². The number of hydrogen-bond donors (Lipinski definition) is 1. The zero-order valence-electron chi connectivity index (χ0n) is 16.6. The van der Waals surface area contributed by atoms with Crippen LogP contribution in [0.25, 0.3) is 0 Å². The van der Waals surface area contributed by atoms with E-state index in [9.17, 15) is 4.79 Å². The average molecular weight is 397 g/mol. The second-order valence-electron chi connectivity index (χ2n) is 6.34. The van der Waals surface area contributed by atoms with Gasteiger partial charge in [-0.2, -0.15) is 0 Å². The van der Waals surface area contributed by atoms with Gasteiger partial charge in [-0.1, -0.05) is 30.3 Å². The molecule has 0 aliphatic carbocycles. The molecule has 0 aromatic heterocycles. The molecule has 28 heavy (non-hydrogen) atoms. The lowest BCUT2D eigenvalue weighted by Gasteiger charge is -2.22. The smallest absolute Gasteiger partial charge is 0.410 e. The first-order valence-corrected chi connectivity index (χ1v) is 9.94. The summed E-state index contributed by atoms with van der Waals surface area (Å²) >= 11 is 0. The summed E-state index contributed by atoms with van der Waals surface area (Å²) in [7, 11) is 0. The highest BCUT2D eigenvalue weighted by molar-refractivity contribution is 5.67. The molecule has 1 heterocycles. The lowest BCUT2D eigenvalue weighted by molar-refractivity contribution is -0.657. The highest BCUT2D eigenvalue weighted by Crippen LogP contribution is 2.03. The number of amides is 1. The first-order chi connectivity index (χ1) is 13.9. The van der Waals surface area contributed by atoms with Gasteiger partial charge in [-0.05, 0) is 5.56 Å². The van der Waals surface area contributed by atoms with E-state index in [1.807, 2.05) is 30.3 Å². The maximum absolute atomic E-state index is 12.4. The minimum atomic E-state index is -0.367. The largest absolute Gasteiger partial charge is 0.445 e. The maximum Gasteiger partial charge on any atom is 0.410 e. The minimum absolute atomic E-state index is 0.247. The molecular formula is C20H33N2O6+. The molecule has 0 atom stereocenters. The molecule has 1 amide bonds. The maximum atomic E-state index is 12.4. The molecule has 1 fully saturated rings. The van der Waals surface area contributed by atoms with Crippen molar-refractivity contribution in [3.05, 3.63) is 35.9 Å². The normalized spacial score (nSPS) is 19.4. The summed E-state index contributed by atoms with van der Waals surface area (Å²) in [4.78, 5) is 14.0. The van der Waals surface area contributed by atoms with Crippen molar-refractivity contribution in [3.63, 3.8) is 0 Å². The number of ether oxygens (including phenoxy) is 5. The van der Waals surface area contributed by atoms with E-state index in [2.05, 4.69) is 5.32 Å². The molecule has 1 aliphatic rings. The van der Waals surface area contributed by atoms with Crippen molar-refractivity contribution in [2.45, 2.75) is 6.61 Å². The molecule has 1 aliphatic heterocycles. The predicted octanol–water partition coefficient (Wildman–Crippen LogP) is 0.269. The molecule has 0 spiro atoms. The van der Waals surface area contributed by atoms with Crippen LogP contribution >= 0.6 is 0 Å². The predicted molar refractivity (Wildman–Crippen MR) is 103 cm³/mol. The molecule has 2 rings (SSSR count). The third kappa shape index (κ3) is 10.6. The summed E-state index contributed by atoms with van der Waals surface area (Å²) in [6.07, 6.45) is -0.367. The Bertz CT molecular complexity index is 499. The van der Waals surface area contributed by atoms with Crippen LogP contribution in [0.3, 0.4) is 0 Å². The highest BCUT2D eigenvalue weighted by atomic mass is 16.6. The van der Waals surface area contributed by atoms with Gasteiger partial charge in [-0.25, -0.2) is 4.79 Å². The van der Waals surface area contributed by atoms with Gasteiger partial charge in [0, 0.05) is 13.1 Å². The minimum Gasteiger partial charge on any atom is -0.445 e. The Kier molecular flexibility index (Phi) is 12.3. The first kappa shape index (κ1) is 22.6. The van der Waals surface area contributed by atoms with Gasteiger partial charge in [-0.3, -0.25) is 0 Å². The summed E-state index contributed by atoms with van der Waals surface area (Å²) in [6, 6.07) is 9.63. The molecule has 158 valence electrons. The lowest BCUT2D eigenvalue weighted by Crippen LogP contribution is -2.86. The van der Waals surface area contributed by atoms with E-state index in [0.29, 0.717) is 65.9 Å².